The highest BCUT2D eigenvalue weighted by Gasteiger charge is 2.25. The first kappa shape index (κ1) is 32.8. The van der Waals surface area contributed by atoms with Gasteiger partial charge in [0.1, 0.15) is 24.5 Å². The first-order valence-corrected chi connectivity index (χ1v) is 19.6. The van der Waals surface area contributed by atoms with E-state index < -0.39 is 0 Å². The standard InChI is InChI=1S/C42H50N10/c1-9-33-27-39(28-34-10-2-20-49(19-1)41(33)34)45-43-37-13-5-15-47(31-37)17-7-23-51-25-26-52(51)24-8-18-48-16-6-14-38(32-48)44-46-40-29-35-11-3-21-50-22-4-12-36(30-40)42(35)50/h5-6,13-16,25-32H,1-4,7-12,17-24H2/q+2. The molecule has 0 unspecified atom stereocenters. The Kier molecular flexibility index (Phi) is 9.36. The minimum absolute atomic E-state index is 0.892. The molecule has 10 heteroatoms. The lowest BCUT2D eigenvalue weighted by molar-refractivity contribution is -0.697. The van der Waals surface area contributed by atoms with Crippen molar-refractivity contribution >= 4 is 34.1 Å². The van der Waals surface area contributed by atoms with Gasteiger partial charge in [-0.2, -0.15) is 10.2 Å². The molecule has 0 radical (unpaired) electrons. The average Bonchev–Trinajstić information content (AvgIpc) is 3.17. The van der Waals surface area contributed by atoms with Crippen LogP contribution in [0, 0.1) is 0 Å². The highest BCUT2D eigenvalue weighted by molar-refractivity contribution is 5.68. The molecule has 0 N–H and O–H groups in total. The van der Waals surface area contributed by atoms with Crippen LogP contribution in [0.1, 0.15) is 60.8 Å². The van der Waals surface area contributed by atoms with Crippen LogP contribution in [-0.2, 0) is 51.9 Å². The van der Waals surface area contributed by atoms with Gasteiger partial charge in [-0.05, 0) is 110 Å². The average molecular weight is 695 g/mol. The maximum absolute atomic E-state index is 4.68. The van der Waals surface area contributed by atoms with Crippen molar-refractivity contribution in [1.29, 1.82) is 0 Å². The summed E-state index contributed by atoms with van der Waals surface area (Å²) in [5.41, 5.74) is 12.5. The van der Waals surface area contributed by atoms with Gasteiger partial charge in [0.2, 0.25) is 0 Å². The Bertz CT molecular complexity index is 1890. The zero-order valence-corrected chi connectivity index (χ0v) is 30.3. The molecule has 3 aromatic heterocycles. The van der Waals surface area contributed by atoms with Gasteiger partial charge in [-0.1, -0.05) is 0 Å². The topological polar surface area (TPSA) is 73.5 Å². The number of pyridine rings is 2. The van der Waals surface area contributed by atoms with Crippen molar-refractivity contribution < 1.29 is 9.13 Å². The number of anilines is 2. The number of aromatic nitrogens is 4. The minimum Gasteiger partial charge on any atom is -0.371 e. The van der Waals surface area contributed by atoms with Crippen LogP contribution >= 0.6 is 0 Å². The van der Waals surface area contributed by atoms with Crippen molar-refractivity contribution in [3.63, 3.8) is 0 Å². The molecule has 52 heavy (non-hydrogen) atoms. The van der Waals surface area contributed by atoms with E-state index in [4.69, 9.17) is 0 Å². The molecule has 2 aromatic carbocycles. The lowest BCUT2D eigenvalue weighted by Crippen LogP contribution is -2.34. The Morgan fingerprint density at radius 3 is 1.27 bits per heavy atom. The largest absolute Gasteiger partial charge is 0.371 e. The lowest BCUT2D eigenvalue weighted by atomic mass is 9.91. The van der Waals surface area contributed by atoms with Crippen LogP contribution in [0.15, 0.2) is 106 Å². The van der Waals surface area contributed by atoms with Crippen LogP contribution in [0.25, 0.3) is 0 Å². The number of rotatable bonds is 12. The van der Waals surface area contributed by atoms with E-state index in [0.29, 0.717) is 0 Å². The van der Waals surface area contributed by atoms with Gasteiger partial charge in [-0.25, -0.2) is 9.13 Å². The molecule has 9 rings (SSSR count). The van der Waals surface area contributed by atoms with Crippen LogP contribution < -0.4 is 18.9 Å². The highest BCUT2D eigenvalue weighted by atomic mass is 15.4. The lowest BCUT2D eigenvalue weighted by Gasteiger charge is -2.36. The molecule has 4 aliphatic heterocycles. The van der Waals surface area contributed by atoms with Crippen molar-refractivity contribution in [2.45, 2.75) is 90.4 Å². The molecule has 0 amide bonds. The SMILES string of the molecule is c1cc(N=Nc2cc3c4c(c2)CCCN4CCC3)c[n+](CCCn2ccn2CCC[n+]2cccc(N=Nc3cc4c5c(c3)CCCN5CCC4)c2)c1. The van der Waals surface area contributed by atoms with Crippen LogP contribution in [0.5, 0.6) is 0 Å². The second-order valence-corrected chi connectivity index (χ2v) is 14.9. The van der Waals surface area contributed by atoms with Crippen LogP contribution in [-0.4, -0.2) is 35.5 Å². The molecule has 0 bridgehead atoms. The summed E-state index contributed by atoms with van der Waals surface area (Å²) in [6.45, 7) is 8.59. The quantitative estimate of drug-likeness (QED) is 0.0975. The molecule has 0 fully saturated rings. The van der Waals surface area contributed by atoms with Crippen LogP contribution in [0.3, 0.4) is 0 Å². The van der Waals surface area contributed by atoms with E-state index in [9.17, 15) is 0 Å². The van der Waals surface area contributed by atoms with Crippen molar-refractivity contribution in [2.75, 3.05) is 36.0 Å². The molecule has 0 saturated carbocycles. The number of hydrogen-bond acceptors (Lipinski definition) is 6. The van der Waals surface area contributed by atoms with Gasteiger partial charge in [-0.3, -0.25) is 9.36 Å². The predicted molar refractivity (Wildman–Crippen MR) is 204 cm³/mol. The van der Waals surface area contributed by atoms with Gasteiger partial charge in [0.05, 0.1) is 11.4 Å². The third-order valence-corrected chi connectivity index (χ3v) is 11.2. The molecule has 4 aliphatic rings. The summed E-state index contributed by atoms with van der Waals surface area (Å²) >= 11 is 0. The fraction of sp³-hybridized carbons (Fsp3) is 0.429. The molecule has 266 valence electrons. The number of nitrogens with zero attached hydrogens (tertiary/aromatic N) is 10. The third kappa shape index (κ3) is 7.16. The summed E-state index contributed by atoms with van der Waals surface area (Å²) in [6, 6.07) is 17.2. The molecular formula is C42H50N10+2. The van der Waals surface area contributed by atoms with Crippen LogP contribution in [0.4, 0.5) is 34.1 Å². The Labute approximate surface area is 306 Å². The summed E-state index contributed by atoms with van der Waals surface area (Å²) in [6.07, 6.45) is 24.4. The summed E-state index contributed by atoms with van der Waals surface area (Å²) < 4.78 is 9.11. The van der Waals surface area contributed by atoms with Gasteiger partial charge < -0.3 is 9.80 Å². The van der Waals surface area contributed by atoms with E-state index in [1.54, 1.807) is 0 Å². The molecule has 7 heterocycles. The van der Waals surface area contributed by atoms with Gasteiger partial charge in [-0.15, -0.1) is 10.2 Å². The van der Waals surface area contributed by atoms with Gasteiger partial charge >= 0.3 is 0 Å². The molecule has 10 nitrogen and oxygen atoms in total. The number of benzene rings is 2. The zero-order chi connectivity index (χ0) is 34.7. The molecule has 0 atom stereocenters. The molecular weight excluding hydrogens is 645 g/mol. The summed E-state index contributed by atoms with van der Waals surface area (Å²) in [7, 11) is 0. The van der Waals surface area contributed by atoms with E-state index in [1.165, 1.54) is 85.5 Å². The number of aryl methyl sites for hydroxylation is 8. The summed E-state index contributed by atoms with van der Waals surface area (Å²) in [4.78, 5) is 5.14. The first-order chi connectivity index (χ1) is 25.7. The van der Waals surface area contributed by atoms with Crippen molar-refractivity contribution in [3.05, 3.63) is 108 Å². The first-order valence-electron chi connectivity index (χ1n) is 19.6. The maximum Gasteiger partial charge on any atom is 0.196 e. The predicted octanol–water partition coefficient (Wildman–Crippen LogP) is 8.27. The van der Waals surface area contributed by atoms with E-state index in [1.807, 2.05) is 12.1 Å². The van der Waals surface area contributed by atoms with E-state index in [0.717, 1.165) is 87.5 Å². The normalized spacial score (nSPS) is 16.5. The number of hydrogen-bond donors (Lipinski definition) is 0. The number of azo groups is 2. The Hall–Kier alpha value is -5.12. The summed E-state index contributed by atoms with van der Waals surface area (Å²) in [5, 5.41) is 18.6. The third-order valence-electron chi connectivity index (χ3n) is 11.2. The smallest absolute Gasteiger partial charge is 0.196 e. The Balaban J connectivity index is 0.750. The van der Waals surface area contributed by atoms with E-state index in [-0.39, 0.29) is 0 Å². The molecule has 0 spiro atoms. The second-order valence-electron chi connectivity index (χ2n) is 14.9. The van der Waals surface area contributed by atoms with Crippen LogP contribution in [0.2, 0.25) is 0 Å². The van der Waals surface area contributed by atoms with E-state index in [2.05, 4.69) is 122 Å². The fourth-order valence-electron chi connectivity index (χ4n) is 8.82. The second kappa shape index (κ2) is 14.9. The Morgan fingerprint density at radius 2 is 0.885 bits per heavy atom. The maximum atomic E-state index is 4.68. The molecule has 0 saturated heterocycles. The zero-order valence-electron chi connectivity index (χ0n) is 30.3. The Morgan fingerprint density at radius 1 is 0.500 bits per heavy atom. The minimum atomic E-state index is 0.892. The fourth-order valence-corrected chi connectivity index (χ4v) is 8.82. The van der Waals surface area contributed by atoms with Crippen molar-refractivity contribution in [3.8, 4) is 0 Å². The van der Waals surface area contributed by atoms with Gasteiger partial charge in [0, 0.05) is 88.0 Å². The van der Waals surface area contributed by atoms with Crippen molar-refractivity contribution in [1.82, 2.24) is 9.36 Å². The summed E-state index contributed by atoms with van der Waals surface area (Å²) in [5.74, 6) is 0. The molecule has 5 aromatic rings. The van der Waals surface area contributed by atoms with E-state index >= 15 is 0 Å². The monoisotopic (exact) mass is 694 g/mol. The van der Waals surface area contributed by atoms with Gasteiger partial charge in [0.15, 0.2) is 24.8 Å². The van der Waals surface area contributed by atoms with Gasteiger partial charge in [0.25, 0.3) is 0 Å². The highest BCUT2D eigenvalue weighted by Crippen LogP contribution is 2.39. The molecule has 0 aliphatic carbocycles. The van der Waals surface area contributed by atoms with Crippen molar-refractivity contribution in [2.24, 2.45) is 20.5 Å².